The molecule has 4 nitrogen and oxygen atoms in total. The minimum Gasteiger partial charge on any atom is -0.309 e. The first-order chi connectivity index (χ1) is 11.4. The van der Waals surface area contributed by atoms with Gasteiger partial charge in [-0.05, 0) is 37.9 Å². The summed E-state index contributed by atoms with van der Waals surface area (Å²) in [6, 6.07) is 1.49. The van der Waals surface area contributed by atoms with E-state index in [1.165, 1.54) is 10.9 Å². The van der Waals surface area contributed by atoms with Gasteiger partial charge < -0.3 is 4.90 Å². The molecule has 0 bridgehead atoms. The highest BCUT2D eigenvalue weighted by atomic mass is 19.4. The van der Waals surface area contributed by atoms with E-state index in [4.69, 9.17) is 0 Å². The van der Waals surface area contributed by atoms with E-state index in [0.29, 0.717) is 30.8 Å². The molecule has 0 radical (unpaired) electrons. The van der Waals surface area contributed by atoms with Crippen molar-refractivity contribution in [3.8, 4) is 0 Å². The largest absolute Gasteiger partial charge is 0.416 e. The van der Waals surface area contributed by atoms with Crippen molar-refractivity contribution >= 4 is 0 Å². The Kier molecular flexibility index (Phi) is 5.40. The van der Waals surface area contributed by atoms with E-state index in [1.54, 1.807) is 0 Å². The van der Waals surface area contributed by atoms with E-state index >= 15 is 0 Å². The quantitative estimate of drug-likeness (QED) is 0.760. The van der Waals surface area contributed by atoms with Gasteiger partial charge in [0.15, 0.2) is 0 Å². The summed E-state index contributed by atoms with van der Waals surface area (Å²) in [5, 5.41) is 7.63. The van der Waals surface area contributed by atoms with Crippen LogP contribution in [0.15, 0.2) is 24.4 Å². The van der Waals surface area contributed by atoms with Crippen LogP contribution in [0.2, 0.25) is 0 Å². The smallest absolute Gasteiger partial charge is 0.309 e. The normalized spacial score (nSPS) is 12.8. The number of rotatable bonds is 5. The second-order valence-electron chi connectivity index (χ2n) is 5.87. The van der Waals surface area contributed by atoms with Gasteiger partial charge in [0.1, 0.15) is 0 Å². The SMILES string of the molecule is CN(C)CCc1cn(Cc2cc(C(F)(F)F)cc(C(F)(F)F)c2)nn1. The minimum atomic E-state index is -4.87. The van der Waals surface area contributed by atoms with Gasteiger partial charge in [-0.25, -0.2) is 4.68 Å². The predicted molar refractivity (Wildman–Crippen MR) is 77.8 cm³/mol. The van der Waals surface area contributed by atoms with Gasteiger partial charge in [-0.2, -0.15) is 26.3 Å². The Morgan fingerprint density at radius 3 is 2.00 bits per heavy atom. The van der Waals surface area contributed by atoms with Gasteiger partial charge in [0.25, 0.3) is 0 Å². The van der Waals surface area contributed by atoms with Crippen molar-refractivity contribution in [1.29, 1.82) is 0 Å². The first kappa shape index (κ1) is 19.2. The first-order valence-corrected chi connectivity index (χ1v) is 7.27. The van der Waals surface area contributed by atoms with Crippen LogP contribution in [0.25, 0.3) is 0 Å². The number of aromatic nitrogens is 3. The van der Waals surface area contributed by atoms with Crippen molar-refractivity contribution in [2.45, 2.75) is 25.3 Å². The summed E-state index contributed by atoms with van der Waals surface area (Å²) in [6.45, 7) is 0.461. The fourth-order valence-corrected chi connectivity index (χ4v) is 2.17. The van der Waals surface area contributed by atoms with Crippen molar-refractivity contribution in [2.75, 3.05) is 20.6 Å². The molecule has 10 heteroatoms. The van der Waals surface area contributed by atoms with Crippen molar-refractivity contribution in [2.24, 2.45) is 0 Å². The van der Waals surface area contributed by atoms with Crippen LogP contribution >= 0.6 is 0 Å². The van der Waals surface area contributed by atoms with Gasteiger partial charge in [-0.1, -0.05) is 5.21 Å². The van der Waals surface area contributed by atoms with Crippen LogP contribution in [0.3, 0.4) is 0 Å². The van der Waals surface area contributed by atoms with E-state index in [9.17, 15) is 26.3 Å². The van der Waals surface area contributed by atoms with Gasteiger partial charge in [-0.15, -0.1) is 5.10 Å². The van der Waals surface area contributed by atoms with Crippen molar-refractivity contribution in [3.63, 3.8) is 0 Å². The van der Waals surface area contributed by atoms with E-state index in [1.807, 2.05) is 19.0 Å². The first-order valence-electron chi connectivity index (χ1n) is 7.27. The molecule has 1 aromatic carbocycles. The number of hydrogen-bond donors (Lipinski definition) is 0. The summed E-state index contributed by atoms with van der Waals surface area (Å²) in [4.78, 5) is 1.92. The molecule has 0 spiro atoms. The maximum absolute atomic E-state index is 12.8. The molecule has 0 aliphatic rings. The fourth-order valence-electron chi connectivity index (χ4n) is 2.17. The molecule has 0 saturated carbocycles. The number of benzene rings is 1. The standard InChI is InChI=1S/C15H16F6N4/c1-24(2)4-3-13-9-25(23-22-13)8-10-5-11(14(16,17)18)7-12(6-10)15(19,20)21/h5-7,9H,3-4,8H2,1-2H3. The molecular formula is C15H16F6N4. The van der Waals surface area contributed by atoms with E-state index in [2.05, 4.69) is 10.3 Å². The molecular weight excluding hydrogens is 350 g/mol. The number of nitrogens with zero attached hydrogens (tertiary/aromatic N) is 4. The molecule has 0 N–H and O–H groups in total. The average molecular weight is 366 g/mol. The maximum Gasteiger partial charge on any atom is 0.416 e. The van der Waals surface area contributed by atoms with E-state index in [0.717, 1.165) is 0 Å². The Morgan fingerprint density at radius 2 is 1.52 bits per heavy atom. The Bertz CT molecular complexity index is 685. The second-order valence-corrected chi connectivity index (χ2v) is 5.87. The molecule has 0 aliphatic carbocycles. The summed E-state index contributed by atoms with van der Waals surface area (Å²) < 4.78 is 78.3. The van der Waals surface area contributed by atoms with Crippen molar-refractivity contribution < 1.29 is 26.3 Å². The molecule has 0 atom stereocenters. The third-order valence-electron chi connectivity index (χ3n) is 3.39. The summed E-state index contributed by atoms with van der Waals surface area (Å²) in [5.41, 5.74) is -2.22. The van der Waals surface area contributed by atoms with Gasteiger partial charge in [0.05, 0.1) is 23.4 Å². The molecule has 138 valence electrons. The van der Waals surface area contributed by atoms with E-state index < -0.39 is 23.5 Å². The zero-order valence-electron chi connectivity index (χ0n) is 13.5. The van der Waals surface area contributed by atoms with Gasteiger partial charge in [-0.3, -0.25) is 0 Å². The summed E-state index contributed by atoms with van der Waals surface area (Å²) in [5.74, 6) is 0. The van der Waals surface area contributed by atoms with Crippen molar-refractivity contribution in [1.82, 2.24) is 19.9 Å². The minimum absolute atomic E-state index is 0.105. The van der Waals surface area contributed by atoms with E-state index in [-0.39, 0.29) is 18.2 Å². The number of alkyl halides is 6. The third-order valence-corrected chi connectivity index (χ3v) is 3.39. The van der Waals surface area contributed by atoms with Gasteiger partial charge >= 0.3 is 12.4 Å². The van der Waals surface area contributed by atoms with Crippen LogP contribution in [0.1, 0.15) is 22.4 Å². The second kappa shape index (κ2) is 7.03. The monoisotopic (exact) mass is 366 g/mol. The summed E-state index contributed by atoms with van der Waals surface area (Å²) >= 11 is 0. The average Bonchev–Trinajstić information content (AvgIpc) is 2.90. The fraction of sp³-hybridized carbons (Fsp3) is 0.467. The lowest BCUT2D eigenvalue weighted by atomic mass is 10.0. The molecule has 1 aromatic heterocycles. The lowest BCUT2D eigenvalue weighted by Gasteiger charge is -2.14. The number of likely N-dealkylation sites (N-methyl/N-ethyl adjacent to an activating group) is 1. The molecule has 0 fully saturated rings. The summed E-state index contributed by atoms with van der Waals surface area (Å²) in [6.07, 6.45) is -7.65. The third kappa shape index (κ3) is 5.45. The zero-order valence-corrected chi connectivity index (χ0v) is 13.5. The van der Waals surface area contributed by atoms with Gasteiger partial charge in [0.2, 0.25) is 0 Å². The van der Waals surface area contributed by atoms with Crippen LogP contribution in [0, 0.1) is 0 Å². The lowest BCUT2D eigenvalue weighted by molar-refractivity contribution is -0.143. The highest BCUT2D eigenvalue weighted by Crippen LogP contribution is 2.36. The molecule has 1 heterocycles. The van der Waals surface area contributed by atoms with Crippen molar-refractivity contribution in [3.05, 3.63) is 46.8 Å². The predicted octanol–water partition coefficient (Wildman–Crippen LogP) is 3.47. The number of hydrogen-bond acceptors (Lipinski definition) is 3. The summed E-state index contributed by atoms with van der Waals surface area (Å²) in [7, 11) is 3.73. The Balaban J connectivity index is 2.27. The maximum atomic E-state index is 12.8. The van der Waals surface area contributed by atoms with Crippen LogP contribution in [0.4, 0.5) is 26.3 Å². The molecule has 2 aromatic rings. The highest BCUT2D eigenvalue weighted by molar-refractivity contribution is 5.33. The molecule has 0 unspecified atom stereocenters. The molecule has 2 rings (SSSR count). The zero-order chi connectivity index (χ0) is 18.8. The molecule has 0 saturated heterocycles. The Morgan fingerprint density at radius 1 is 0.960 bits per heavy atom. The van der Waals surface area contributed by atoms with Crippen LogP contribution < -0.4 is 0 Å². The highest BCUT2D eigenvalue weighted by Gasteiger charge is 2.36. The van der Waals surface area contributed by atoms with Crippen LogP contribution in [-0.2, 0) is 25.3 Å². The molecule has 0 amide bonds. The van der Waals surface area contributed by atoms with Crippen LogP contribution in [0.5, 0.6) is 0 Å². The topological polar surface area (TPSA) is 34.0 Å². The Labute approximate surface area is 140 Å². The number of halogens is 6. The molecule has 25 heavy (non-hydrogen) atoms. The lowest BCUT2D eigenvalue weighted by Crippen LogP contribution is -2.15. The van der Waals surface area contributed by atoms with Gasteiger partial charge in [0, 0.05) is 19.2 Å². The Hall–Kier alpha value is -2.10. The molecule has 0 aliphatic heterocycles. The van der Waals surface area contributed by atoms with Crippen LogP contribution in [-0.4, -0.2) is 40.5 Å².